The van der Waals surface area contributed by atoms with Crippen LogP contribution >= 0.6 is 11.3 Å². The van der Waals surface area contributed by atoms with Crippen LogP contribution in [-0.4, -0.2) is 19.1 Å². The number of aryl methyl sites for hydroxylation is 1. The van der Waals surface area contributed by atoms with Gasteiger partial charge in [0.15, 0.2) is 0 Å². The quantitative estimate of drug-likeness (QED) is 0.837. The molecule has 0 bridgehead atoms. The summed E-state index contributed by atoms with van der Waals surface area (Å²) in [6, 6.07) is 9.95. The highest BCUT2D eigenvalue weighted by Crippen LogP contribution is 2.22. The van der Waals surface area contributed by atoms with E-state index in [2.05, 4.69) is 41.5 Å². The summed E-state index contributed by atoms with van der Waals surface area (Å²) in [5, 5.41) is 7.79. The van der Waals surface area contributed by atoms with Crippen LogP contribution in [-0.2, 0) is 6.54 Å². The average Bonchev–Trinajstić information content (AvgIpc) is 3.02. The molecule has 2 rings (SSSR count). The lowest BCUT2D eigenvalue weighted by Crippen LogP contribution is -2.28. The molecule has 0 spiro atoms. The molecule has 1 aromatic heterocycles. The van der Waals surface area contributed by atoms with Gasteiger partial charge in [0.05, 0.1) is 6.54 Å². The summed E-state index contributed by atoms with van der Waals surface area (Å²) < 4.78 is 0. The summed E-state index contributed by atoms with van der Waals surface area (Å²) in [5.41, 5.74) is 3.10. The number of amides is 2. The van der Waals surface area contributed by atoms with Crippen molar-refractivity contribution in [3.05, 3.63) is 46.2 Å². The van der Waals surface area contributed by atoms with E-state index in [-0.39, 0.29) is 6.03 Å². The van der Waals surface area contributed by atoms with E-state index in [1.54, 1.807) is 11.3 Å². The van der Waals surface area contributed by atoms with E-state index in [0.29, 0.717) is 6.54 Å². The maximum atomic E-state index is 12.0. The first-order valence-electron chi connectivity index (χ1n) is 7.56. The third-order valence-electron chi connectivity index (χ3n) is 3.59. The summed E-state index contributed by atoms with van der Waals surface area (Å²) in [6.07, 6.45) is 0. The van der Waals surface area contributed by atoms with Crippen LogP contribution in [0.4, 0.5) is 16.2 Å². The standard InChI is InChI=1S/C17H23N3OS/c1-4-20(5-2)14-8-9-16(13(3)11-14)19-17(21)18-12-15-7-6-10-22-15/h6-11H,4-5,12H2,1-3H3,(H2,18,19,21). The first-order chi connectivity index (χ1) is 10.6. The molecule has 22 heavy (non-hydrogen) atoms. The Morgan fingerprint density at radius 1 is 1.23 bits per heavy atom. The third-order valence-corrected chi connectivity index (χ3v) is 4.47. The van der Waals surface area contributed by atoms with E-state index < -0.39 is 0 Å². The zero-order valence-corrected chi connectivity index (χ0v) is 14.2. The van der Waals surface area contributed by atoms with Crippen molar-refractivity contribution in [1.29, 1.82) is 0 Å². The lowest BCUT2D eigenvalue weighted by atomic mass is 10.1. The van der Waals surface area contributed by atoms with Crippen LogP contribution in [0.5, 0.6) is 0 Å². The average molecular weight is 317 g/mol. The third kappa shape index (κ3) is 4.24. The Hall–Kier alpha value is -2.01. The molecule has 0 aliphatic heterocycles. The van der Waals surface area contributed by atoms with Gasteiger partial charge in [-0.25, -0.2) is 4.79 Å². The fraction of sp³-hybridized carbons (Fsp3) is 0.353. The minimum atomic E-state index is -0.174. The predicted octanol–water partition coefficient (Wildman–Crippen LogP) is 4.22. The van der Waals surface area contributed by atoms with Crippen molar-refractivity contribution in [1.82, 2.24) is 5.32 Å². The minimum absolute atomic E-state index is 0.174. The van der Waals surface area contributed by atoms with E-state index in [0.717, 1.165) is 29.2 Å². The lowest BCUT2D eigenvalue weighted by Gasteiger charge is -2.22. The number of anilines is 2. The van der Waals surface area contributed by atoms with Crippen LogP contribution < -0.4 is 15.5 Å². The Morgan fingerprint density at radius 3 is 2.59 bits per heavy atom. The lowest BCUT2D eigenvalue weighted by molar-refractivity contribution is 0.252. The summed E-state index contributed by atoms with van der Waals surface area (Å²) in [6.45, 7) is 8.81. The SMILES string of the molecule is CCN(CC)c1ccc(NC(=O)NCc2cccs2)c(C)c1. The van der Waals surface area contributed by atoms with Crippen LogP contribution in [0.1, 0.15) is 24.3 Å². The number of rotatable bonds is 6. The number of nitrogens with zero attached hydrogens (tertiary/aromatic N) is 1. The number of carbonyl (C=O) groups is 1. The van der Waals surface area contributed by atoms with Gasteiger partial charge in [-0.05, 0) is 56.0 Å². The largest absolute Gasteiger partial charge is 0.372 e. The molecule has 0 fully saturated rings. The summed E-state index contributed by atoms with van der Waals surface area (Å²) in [7, 11) is 0. The van der Waals surface area contributed by atoms with Crippen LogP contribution in [0.15, 0.2) is 35.7 Å². The molecule has 2 N–H and O–H groups in total. The second kappa shape index (κ2) is 7.84. The number of benzene rings is 1. The van der Waals surface area contributed by atoms with Gasteiger partial charge in [0.2, 0.25) is 0 Å². The molecule has 118 valence electrons. The molecule has 0 aliphatic rings. The van der Waals surface area contributed by atoms with Gasteiger partial charge < -0.3 is 15.5 Å². The number of carbonyl (C=O) groups excluding carboxylic acids is 1. The number of nitrogens with one attached hydrogen (secondary N) is 2. The molecule has 0 unspecified atom stereocenters. The van der Waals surface area contributed by atoms with Crippen molar-refractivity contribution >= 4 is 28.7 Å². The van der Waals surface area contributed by atoms with E-state index in [1.807, 2.05) is 30.5 Å². The predicted molar refractivity (Wildman–Crippen MR) is 94.9 cm³/mol. The van der Waals surface area contributed by atoms with Crippen molar-refractivity contribution in [2.75, 3.05) is 23.3 Å². The van der Waals surface area contributed by atoms with E-state index in [9.17, 15) is 4.79 Å². The van der Waals surface area contributed by atoms with Crippen molar-refractivity contribution in [3.63, 3.8) is 0 Å². The molecule has 2 aromatic rings. The number of thiophene rings is 1. The van der Waals surface area contributed by atoms with E-state index in [4.69, 9.17) is 0 Å². The van der Waals surface area contributed by atoms with Crippen LogP contribution in [0.3, 0.4) is 0 Å². The highest BCUT2D eigenvalue weighted by atomic mass is 32.1. The smallest absolute Gasteiger partial charge is 0.319 e. The highest BCUT2D eigenvalue weighted by molar-refractivity contribution is 7.09. The minimum Gasteiger partial charge on any atom is -0.372 e. The molecule has 0 aliphatic carbocycles. The van der Waals surface area contributed by atoms with Gasteiger partial charge in [-0.1, -0.05) is 6.07 Å². The fourth-order valence-corrected chi connectivity index (χ4v) is 2.97. The molecule has 0 atom stereocenters. The van der Waals surface area contributed by atoms with Crippen molar-refractivity contribution in [2.24, 2.45) is 0 Å². The molecule has 5 heteroatoms. The molecule has 1 heterocycles. The monoisotopic (exact) mass is 317 g/mol. The van der Waals surface area contributed by atoms with E-state index >= 15 is 0 Å². The maximum Gasteiger partial charge on any atom is 0.319 e. The number of hydrogen-bond donors (Lipinski definition) is 2. The normalized spacial score (nSPS) is 10.3. The van der Waals surface area contributed by atoms with Crippen LogP contribution in [0.2, 0.25) is 0 Å². The first-order valence-corrected chi connectivity index (χ1v) is 8.44. The Bertz CT molecular complexity index is 606. The first kappa shape index (κ1) is 16.4. The van der Waals surface area contributed by atoms with Crippen molar-refractivity contribution in [2.45, 2.75) is 27.3 Å². The van der Waals surface area contributed by atoms with Gasteiger partial charge in [-0.3, -0.25) is 0 Å². The molecular formula is C17H23N3OS. The molecular weight excluding hydrogens is 294 g/mol. The Kier molecular flexibility index (Phi) is 5.83. The maximum absolute atomic E-state index is 12.0. The van der Waals surface area contributed by atoms with Gasteiger partial charge in [0, 0.05) is 29.3 Å². The Morgan fingerprint density at radius 2 is 2.00 bits per heavy atom. The van der Waals surface area contributed by atoms with Gasteiger partial charge in [0.25, 0.3) is 0 Å². The van der Waals surface area contributed by atoms with Gasteiger partial charge >= 0.3 is 6.03 Å². The summed E-state index contributed by atoms with van der Waals surface area (Å²) in [4.78, 5) is 15.4. The van der Waals surface area contributed by atoms with Crippen molar-refractivity contribution in [3.8, 4) is 0 Å². The molecule has 1 aromatic carbocycles. The van der Waals surface area contributed by atoms with E-state index in [1.165, 1.54) is 5.69 Å². The van der Waals surface area contributed by atoms with Gasteiger partial charge in [-0.15, -0.1) is 11.3 Å². The second-order valence-electron chi connectivity index (χ2n) is 5.06. The molecule has 0 saturated carbocycles. The zero-order valence-electron chi connectivity index (χ0n) is 13.3. The van der Waals surface area contributed by atoms with Gasteiger partial charge in [-0.2, -0.15) is 0 Å². The number of hydrogen-bond acceptors (Lipinski definition) is 3. The topological polar surface area (TPSA) is 44.4 Å². The number of urea groups is 1. The molecule has 2 amide bonds. The Balaban J connectivity index is 1.96. The van der Waals surface area contributed by atoms with Crippen molar-refractivity contribution < 1.29 is 4.79 Å². The Labute approximate surface area is 136 Å². The van der Waals surface area contributed by atoms with Crippen LogP contribution in [0.25, 0.3) is 0 Å². The fourth-order valence-electron chi connectivity index (χ4n) is 2.32. The highest BCUT2D eigenvalue weighted by Gasteiger charge is 2.07. The summed E-state index contributed by atoms with van der Waals surface area (Å²) in [5.74, 6) is 0. The molecule has 4 nitrogen and oxygen atoms in total. The molecule has 0 radical (unpaired) electrons. The summed E-state index contributed by atoms with van der Waals surface area (Å²) >= 11 is 1.64. The van der Waals surface area contributed by atoms with Gasteiger partial charge in [0.1, 0.15) is 0 Å². The molecule has 0 saturated heterocycles. The van der Waals surface area contributed by atoms with Crippen LogP contribution in [0, 0.1) is 6.92 Å². The zero-order chi connectivity index (χ0) is 15.9. The second-order valence-corrected chi connectivity index (χ2v) is 6.09.